The van der Waals surface area contributed by atoms with Crippen LogP contribution in [0.4, 0.5) is 0 Å². The van der Waals surface area contributed by atoms with E-state index in [1.54, 1.807) is 19.5 Å². The number of nitrogens with one attached hydrogen (secondary N) is 2. The van der Waals surface area contributed by atoms with Gasteiger partial charge >= 0.3 is 5.91 Å². The number of hydrogen-bond acceptors (Lipinski definition) is 5. The molecule has 7 nitrogen and oxygen atoms in total. The number of aromatic nitrogens is 1. The van der Waals surface area contributed by atoms with Gasteiger partial charge in [-0.3, -0.25) is 9.78 Å². The van der Waals surface area contributed by atoms with Crippen LogP contribution < -0.4 is 15.1 Å². The van der Waals surface area contributed by atoms with Crippen molar-refractivity contribution in [2.75, 3.05) is 33.4 Å². The Hall–Kier alpha value is -2.77. The topological polar surface area (TPSA) is 77.2 Å². The molecule has 1 aromatic carbocycles. The van der Waals surface area contributed by atoms with Crippen molar-refractivity contribution in [1.82, 2.24) is 10.4 Å². The molecule has 142 valence electrons. The Morgan fingerprint density at radius 2 is 1.85 bits per heavy atom. The standard InChI is InChI=1S/C20H24N4O3/c1-15(16-3-5-18(26-2)6-4-16)22-23-20(25)19(17-7-9-21-10-8-17)24-11-13-27-14-12-24/h3-10,19H,11-14H2,1-2H3,(H,23,25)/p+1/b22-15+/t19-/m0/s1. The molecule has 1 aliphatic heterocycles. The van der Waals surface area contributed by atoms with Crippen LogP contribution >= 0.6 is 0 Å². The number of rotatable bonds is 6. The Morgan fingerprint density at radius 3 is 2.48 bits per heavy atom. The summed E-state index contributed by atoms with van der Waals surface area (Å²) < 4.78 is 10.6. The normalized spacial score (nSPS) is 16.6. The third-order valence-corrected chi connectivity index (χ3v) is 4.69. The minimum atomic E-state index is -0.343. The SMILES string of the molecule is COc1ccc(/C(C)=N/NC(=O)[C@H](c2ccncc2)[NH+]2CCOCC2)cc1. The summed E-state index contributed by atoms with van der Waals surface area (Å²) in [5, 5.41) is 4.31. The number of hydrogen-bond donors (Lipinski definition) is 2. The van der Waals surface area contributed by atoms with Gasteiger partial charge in [0.1, 0.15) is 18.8 Å². The Morgan fingerprint density at radius 1 is 1.19 bits per heavy atom. The van der Waals surface area contributed by atoms with Gasteiger partial charge in [0, 0.05) is 18.0 Å². The lowest BCUT2D eigenvalue weighted by molar-refractivity contribution is -0.929. The number of nitrogens with zero attached hydrogens (tertiary/aromatic N) is 2. The van der Waals surface area contributed by atoms with Crippen LogP contribution in [0.5, 0.6) is 5.75 Å². The summed E-state index contributed by atoms with van der Waals surface area (Å²) in [7, 11) is 1.63. The highest BCUT2D eigenvalue weighted by Crippen LogP contribution is 2.12. The number of methoxy groups -OCH3 is 1. The first-order valence-electron chi connectivity index (χ1n) is 9.00. The molecular weight excluding hydrogens is 344 g/mol. The highest BCUT2D eigenvalue weighted by Gasteiger charge is 2.32. The Kier molecular flexibility index (Phi) is 6.51. The van der Waals surface area contributed by atoms with Crippen LogP contribution in [0, 0.1) is 0 Å². The first kappa shape index (κ1) is 19.0. The van der Waals surface area contributed by atoms with Crippen molar-refractivity contribution in [3.05, 3.63) is 59.9 Å². The zero-order valence-electron chi connectivity index (χ0n) is 15.6. The van der Waals surface area contributed by atoms with Gasteiger partial charge in [-0.2, -0.15) is 5.10 Å². The number of quaternary nitrogens is 1. The van der Waals surface area contributed by atoms with Crippen LogP contribution in [0.2, 0.25) is 0 Å². The van der Waals surface area contributed by atoms with E-state index in [-0.39, 0.29) is 11.9 Å². The number of carbonyl (C=O) groups is 1. The van der Waals surface area contributed by atoms with Gasteiger partial charge in [-0.05, 0) is 48.9 Å². The minimum absolute atomic E-state index is 0.133. The largest absolute Gasteiger partial charge is 0.497 e. The van der Waals surface area contributed by atoms with E-state index in [0.29, 0.717) is 13.2 Å². The van der Waals surface area contributed by atoms with Crippen LogP contribution in [-0.2, 0) is 9.53 Å². The Balaban J connectivity index is 1.75. The van der Waals surface area contributed by atoms with Crippen molar-refractivity contribution < 1.29 is 19.2 Å². The summed E-state index contributed by atoms with van der Waals surface area (Å²) in [5.74, 6) is 0.648. The quantitative estimate of drug-likeness (QED) is 0.577. The van der Waals surface area contributed by atoms with E-state index in [1.807, 2.05) is 43.3 Å². The lowest BCUT2D eigenvalue weighted by Crippen LogP contribution is -3.15. The predicted molar refractivity (Wildman–Crippen MR) is 102 cm³/mol. The fraction of sp³-hybridized carbons (Fsp3) is 0.350. The fourth-order valence-electron chi connectivity index (χ4n) is 3.15. The van der Waals surface area contributed by atoms with Gasteiger partial charge < -0.3 is 14.4 Å². The molecule has 1 atom stereocenters. The number of pyridine rings is 1. The van der Waals surface area contributed by atoms with Crippen molar-refractivity contribution in [2.24, 2.45) is 5.10 Å². The number of amides is 1. The fourth-order valence-corrected chi connectivity index (χ4v) is 3.15. The number of ether oxygens (including phenoxy) is 2. The third kappa shape index (κ3) is 4.90. The highest BCUT2D eigenvalue weighted by atomic mass is 16.5. The average Bonchev–Trinajstić information content (AvgIpc) is 2.74. The minimum Gasteiger partial charge on any atom is -0.497 e. The summed E-state index contributed by atoms with van der Waals surface area (Å²) in [6.07, 6.45) is 3.42. The molecule has 1 aromatic heterocycles. The zero-order valence-corrected chi connectivity index (χ0v) is 15.6. The summed E-state index contributed by atoms with van der Waals surface area (Å²) in [6.45, 7) is 4.73. The van der Waals surface area contributed by atoms with Crippen LogP contribution in [0.3, 0.4) is 0 Å². The molecule has 2 N–H and O–H groups in total. The first-order chi connectivity index (χ1) is 13.2. The number of carbonyl (C=O) groups excluding carboxylic acids is 1. The highest BCUT2D eigenvalue weighted by molar-refractivity contribution is 5.99. The Bertz CT molecular complexity index is 772. The molecule has 1 amide bonds. The van der Waals surface area contributed by atoms with Gasteiger partial charge in [-0.25, -0.2) is 5.43 Å². The summed E-state index contributed by atoms with van der Waals surface area (Å²) in [4.78, 5) is 18.2. The molecule has 2 heterocycles. The van der Waals surface area contributed by atoms with Crippen LogP contribution in [0.1, 0.15) is 24.1 Å². The second-order valence-corrected chi connectivity index (χ2v) is 6.39. The molecule has 0 spiro atoms. The molecule has 7 heteroatoms. The summed E-state index contributed by atoms with van der Waals surface area (Å²) in [6, 6.07) is 11.0. The lowest BCUT2D eigenvalue weighted by atomic mass is 10.1. The Labute approximate surface area is 159 Å². The lowest BCUT2D eigenvalue weighted by Gasteiger charge is -2.30. The second kappa shape index (κ2) is 9.25. The molecule has 3 rings (SSSR count). The van der Waals surface area contributed by atoms with Crippen molar-refractivity contribution in [3.8, 4) is 5.75 Å². The van der Waals surface area contributed by atoms with Crippen LogP contribution in [0.25, 0.3) is 0 Å². The molecule has 0 aliphatic carbocycles. The van der Waals surface area contributed by atoms with E-state index >= 15 is 0 Å². The molecule has 1 fully saturated rings. The summed E-state index contributed by atoms with van der Waals surface area (Å²) >= 11 is 0. The maximum absolute atomic E-state index is 13.0. The zero-order chi connectivity index (χ0) is 19.1. The third-order valence-electron chi connectivity index (χ3n) is 4.69. The van der Waals surface area contributed by atoms with E-state index in [4.69, 9.17) is 9.47 Å². The van der Waals surface area contributed by atoms with Gasteiger partial charge in [0.15, 0.2) is 6.04 Å². The number of benzene rings is 1. The average molecular weight is 369 g/mol. The van der Waals surface area contributed by atoms with E-state index in [9.17, 15) is 4.79 Å². The molecule has 0 unspecified atom stereocenters. The smallest absolute Gasteiger partial charge is 0.303 e. The monoisotopic (exact) mass is 369 g/mol. The van der Waals surface area contributed by atoms with E-state index in [1.165, 1.54) is 4.90 Å². The number of morpholine rings is 1. The van der Waals surface area contributed by atoms with Gasteiger partial charge in [0.25, 0.3) is 0 Å². The molecule has 1 saturated heterocycles. The molecule has 0 saturated carbocycles. The van der Waals surface area contributed by atoms with E-state index < -0.39 is 0 Å². The molecule has 0 radical (unpaired) electrons. The maximum atomic E-state index is 13.0. The molecule has 2 aromatic rings. The van der Waals surface area contributed by atoms with Crippen molar-refractivity contribution in [2.45, 2.75) is 13.0 Å². The van der Waals surface area contributed by atoms with Crippen molar-refractivity contribution >= 4 is 11.6 Å². The molecular formula is C20H25N4O3+. The van der Waals surface area contributed by atoms with Crippen LogP contribution in [0.15, 0.2) is 53.9 Å². The van der Waals surface area contributed by atoms with Gasteiger partial charge in [-0.15, -0.1) is 0 Å². The van der Waals surface area contributed by atoms with E-state index in [2.05, 4.69) is 15.5 Å². The second-order valence-electron chi connectivity index (χ2n) is 6.39. The molecule has 27 heavy (non-hydrogen) atoms. The first-order valence-corrected chi connectivity index (χ1v) is 9.00. The predicted octanol–water partition coefficient (Wildman–Crippen LogP) is 0.587. The van der Waals surface area contributed by atoms with Gasteiger partial charge in [0.2, 0.25) is 0 Å². The van der Waals surface area contributed by atoms with Gasteiger partial charge in [0.05, 0.1) is 26.0 Å². The van der Waals surface area contributed by atoms with E-state index in [0.717, 1.165) is 35.7 Å². The van der Waals surface area contributed by atoms with Gasteiger partial charge in [-0.1, -0.05) is 0 Å². The summed E-state index contributed by atoms with van der Waals surface area (Å²) in [5.41, 5.74) is 5.33. The number of hydrazone groups is 1. The molecule has 1 aliphatic rings. The van der Waals surface area contributed by atoms with Crippen molar-refractivity contribution in [3.63, 3.8) is 0 Å². The maximum Gasteiger partial charge on any atom is 0.303 e. The van der Waals surface area contributed by atoms with Crippen molar-refractivity contribution in [1.29, 1.82) is 0 Å². The van der Waals surface area contributed by atoms with Crippen LogP contribution in [-0.4, -0.2) is 50.0 Å². The molecule has 0 bridgehead atoms.